The van der Waals surface area contributed by atoms with Crippen molar-refractivity contribution in [3.63, 3.8) is 0 Å². The second-order valence-electron chi connectivity index (χ2n) is 8.67. The number of nitrogens with one attached hydrogen (secondary N) is 1. The average Bonchev–Trinajstić information content (AvgIpc) is 2.80. The molecule has 2 atom stereocenters. The van der Waals surface area contributed by atoms with Crippen LogP contribution in [0.1, 0.15) is 45.2 Å². The molecule has 0 unspecified atom stereocenters. The number of ether oxygens (including phenoxy) is 1. The van der Waals surface area contributed by atoms with E-state index in [0.717, 1.165) is 28.1 Å². The number of carbonyl (C=O) groups excluding carboxylic acids is 2. The Morgan fingerprint density at radius 1 is 1.06 bits per heavy atom. The Bertz CT molecular complexity index is 1120. The maximum absolute atomic E-state index is 13.6. The molecule has 0 spiro atoms. The fraction of sp³-hybridized carbons (Fsp3) is 0.462. The predicted octanol–water partition coefficient (Wildman–Crippen LogP) is 3.49. The standard InChI is InChI=1S/C26H37N3O5S/c1-7-20(4)27-26(31)21(5)28(17-22-13-11-12-19(3)16-22)25(30)18-29(35(6,32)33)23-14-9-10-15-24(23)34-8-2/h9-16,20-21H,7-8,17-18H2,1-6H3,(H,27,31)/t20-,21+/m0/s1. The second-order valence-corrected chi connectivity index (χ2v) is 10.6. The van der Waals surface area contributed by atoms with Crippen molar-refractivity contribution in [1.29, 1.82) is 0 Å². The Morgan fingerprint density at radius 3 is 2.34 bits per heavy atom. The van der Waals surface area contributed by atoms with Gasteiger partial charge in [-0.1, -0.05) is 48.9 Å². The first-order valence-electron chi connectivity index (χ1n) is 11.8. The van der Waals surface area contributed by atoms with Crippen LogP contribution in [0.2, 0.25) is 0 Å². The van der Waals surface area contributed by atoms with Crippen LogP contribution in [0.15, 0.2) is 48.5 Å². The summed E-state index contributed by atoms with van der Waals surface area (Å²) in [6, 6.07) is 13.5. The van der Waals surface area contributed by atoms with Crippen LogP contribution in [0.25, 0.3) is 0 Å². The van der Waals surface area contributed by atoms with E-state index in [1.165, 1.54) is 4.90 Å². The first-order chi connectivity index (χ1) is 16.5. The molecule has 2 amide bonds. The van der Waals surface area contributed by atoms with Gasteiger partial charge in [-0.2, -0.15) is 0 Å². The van der Waals surface area contributed by atoms with Gasteiger partial charge in [-0.15, -0.1) is 0 Å². The van der Waals surface area contributed by atoms with Gasteiger partial charge >= 0.3 is 0 Å². The number of hydrogen-bond acceptors (Lipinski definition) is 5. The van der Waals surface area contributed by atoms with E-state index in [1.807, 2.05) is 45.0 Å². The van der Waals surface area contributed by atoms with Gasteiger partial charge in [0, 0.05) is 12.6 Å². The summed E-state index contributed by atoms with van der Waals surface area (Å²) in [5.74, 6) is -0.419. The molecule has 0 aliphatic heterocycles. The molecular weight excluding hydrogens is 466 g/mol. The maximum Gasteiger partial charge on any atom is 0.244 e. The Morgan fingerprint density at radius 2 is 1.74 bits per heavy atom. The number of benzene rings is 2. The third-order valence-corrected chi connectivity index (χ3v) is 6.84. The van der Waals surface area contributed by atoms with Crippen LogP contribution in [0.3, 0.4) is 0 Å². The quantitative estimate of drug-likeness (QED) is 0.478. The van der Waals surface area contributed by atoms with Crippen LogP contribution in [-0.2, 0) is 26.2 Å². The fourth-order valence-electron chi connectivity index (χ4n) is 3.59. The van der Waals surface area contributed by atoms with Crippen LogP contribution in [0.5, 0.6) is 5.75 Å². The summed E-state index contributed by atoms with van der Waals surface area (Å²) in [5.41, 5.74) is 2.15. The van der Waals surface area contributed by atoms with Crippen molar-refractivity contribution in [3.8, 4) is 5.75 Å². The minimum Gasteiger partial charge on any atom is -0.492 e. The number of hydrogen-bond donors (Lipinski definition) is 1. The van der Waals surface area contributed by atoms with E-state index in [-0.39, 0.29) is 24.2 Å². The second kappa shape index (κ2) is 12.6. The number of para-hydroxylation sites is 2. The SMILES string of the molecule is CCOc1ccccc1N(CC(=O)N(Cc1cccc(C)c1)[C@H](C)C(=O)N[C@@H](C)CC)S(C)(=O)=O. The average molecular weight is 504 g/mol. The highest BCUT2D eigenvalue weighted by Crippen LogP contribution is 2.30. The predicted molar refractivity (Wildman–Crippen MR) is 139 cm³/mol. The molecule has 2 aromatic rings. The summed E-state index contributed by atoms with van der Waals surface area (Å²) in [6.45, 7) is 9.31. The third kappa shape index (κ3) is 7.99. The molecule has 35 heavy (non-hydrogen) atoms. The summed E-state index contributed by atoms with van der Waals surface area (Å²) in [6.07, 6.45) is 1.80. The zero-order valence-corrected chi connectivity index (χ0v) is 22.3. The van der Waals surface area contributed by atoms with Gasteiger partial charge in [0.05, 0.1) is 18.6 Å². The van der Waals surface area contributed by atoms with Gasteiger partial charge in [0.2, 0.25) is 21.8 Å². The van der Waals surface area contributed by atoms with Gasteiger partial charge in [-0.3, -0.25) is 13.9 Å². The molecule has 192 valence electrons. The minimum absolute atomic E-state index is 0.0496. The first-order valence-corrected chi connectivity index (χ1v) is 13.7. The van der Waals surface area contributed by atoms with E-state index in [4.69, 9.17) is 4.74 Å². The number of rotatable bonds is 12. The van der Waals surface area contributed by atoms with E-state index < -0.39 is 28.5 Å². The summed E-state index contributed by atoms with van der Waals surface area (Å²) in [4.78, 5) is 28.0. The molecule has 9 heteroatoms. The Kier molecular flexibility index (Phi) is 10.1. The van der Waals surface area contributed by atoms with Gasteiger partial charge < -0.3 is 15.0 Å². The lowest BCUT2D eigenvalue weighted by Gasteiger charge is -2.32. The minimum atomic E-state index is -3.83. The number of sulfonamides is 1. The van der Waals surface area contributed by atoms with Crippen molar-refractivity contribution in [2.45, 2.75) is 59.7 Å². The van der Waals surface area contributed by atoms with Crippen LogP contribution in [0, 0.1) is 6.92 Å². The topological polar surface area (TPSA) is 96.0 Å². The maximum atomic E-state index is 13.6. The lowest BCUT2D eigenvalue weighted by Crippen LogP contribution is -2.52. The van der Waals surface area contributed by atoms with Crippen molar-refractivity contribution >= 4 is 27.5 Å². The number of aryl methyl sites for hydroxylation is 1. The molecule has 2 aromatic carbocycles. The lowest BCUT2D eigenvalue weighted by atomic mass is 10.1. The molecule has 1 N–H and O–H groups in total. The number of carbonyl (C=O) groups is 2. The zero-order valence-electron chi connectivity index (χ0n) is 21.4. The van der Waals surface area contributed by atoms with Crippen molar-refractivity contribution in [1.82, 2.24) is 10.2 Å². The molecule has 0 aliphatic carbocycles. The zero-order chi connectivity index (χ0) is 26.2. The number of nitrogens with zero attached hydrogens (tertiary/aromatic N) is 2. The third-order valence-electron chi connectivity index (χ3n) is 5.72. The van der Waals surface area contributed by atoms with E-state index in [1.54, 1.807) is 38.1 Å². The molecule has 0 saturated heterocycles. The largest absolute Gasteiger partial charge is 0.492 e. The van der Waals surface area contributed by atoms with E-state index in [0.29, 0.717) is 12.4 Å². The molecule has 0 radical (unpaired) electrons. The highest BCUT2D eigenvalue weighted by molar-refractivity contribution is 7.92. The van der Waals surface area contributed by atoms with Crippen LogP contribution >= 0.6 is 0 Å². The molecule has 0 saturated carbocycles. The number of anilines is 1. The van der Waals surface area contributed by atoms with Crippen molar-refractivity contribution < 1.29 is 22.7 Å². The molecule has 0 aliphatic rings. The fourth-order valence-corrected chi connectivity index (χ4v) is 4.44. The summed E-state index contributed by atoms with van der Waals surface area (Å²) in [7, 11) is -3.83. The van der Waals surface area contributed by atoms with Crippen molar-refractivity contribution in [2.24, 2.45) is 0 Å². The monoisotopic (exact) mass is 503 g/mol. The molecule has 8 nitrogen and oxygen atoms in total. The van der Waals surface area contributed by atoms with E-state index in [9.17, 15) is 18.0 Å². The van der Waals surface area contributed by atoms with Gasteiger partial charge in [0.25, 0.3) is 0 Å². The van der Waals surface area contributed by atoms with Crippen LogP contribution in [-0.4, -0.2) is 56.6 Å². The molecule has 2 rings (SSSR count). The summed E-state index contributed by atoms with van der Waals surface area (Å²) < 4.78 is 32.2. The van der Waals surface area contributed by atoms with Crippen LogP contribution < -0.4 is 14.4 Å². The molecule has 0 fully saturated rings. The molecular formula is C26H37N3O5S. The smallest absolute Gasteiger partial charge is 0.244 e. The first kappa shape index (κ1) is 28.2. The van der Waals surface area contributed by atoms with Gasteiger partial charge in [-0.25, -0.2) is 8.42 Å². The van der Waals surface area contributed by atoms with Crippen molar-refractivity contribution in [2.75, 3.05) is 23.7 Å². The lowest BCUT2D eigenvalue weighted by molar-refractivity contribution is -0.139. The molecule has 0 heterocycles. The van der Waals surface area contributed by atoms with Crippen LogP contribution in [0.4, 0.5) is 5.69 Å². The van der Waals surface area contributed by atoms with E-state index in [2.05, 4.69) is 5.32 Å². The Hall–Kier alpha value is -3.07. The highest BCUT2D eigenvalue weighted by Gasteiger charge is 2.31. The number of amides is 2. The molecule has 0 bridgehead atoms. The Balaban J connectivity index is 2.43. The van der Waals surface area contributed by atoms with Gasteiger partial charge in [-0.05, 0) is 51.8 Å². The van der Waals surface area contributed by atoms with E-state index >= 15 is 0 Å². The summed E-state index contributed by atoms with van der Waals surface area (Å²) >= 11 is 0. The van der Waals surface area contributed by atoms with Crippen molar-refractivity contribution in [3.05, 3.63) is 59.7 Å². The summed E-state index contributed by atoms with van der Waals surface area (Å²) in [5, 5.41) is 2.92. The highest BCUT2D eigenvalue weighted by atomic mass is 32.2. The van der Waals surface area contributed by atoms with Gasteiger partial charge in [0.1, 0.15) is 18.3 Å². The van der Waals surface area contributed by atoms with Gasteiger partial charge in [0.15, 0.2) is 0 Å². The Labute approximate surface area is 209 Å². The normalized spacial score (nSPS) is 13.0. The molecule has 0 aromatic heterocycles.